The molecule has 2 nitrogen and oxygen atoms in total. The Bertz CT molecular complexity index is 785. The molecule has 152 valence electrons. The molecule has 0 bridgehead atoms. The van der Waals surface area contributed by atoms with E-state index in [0.717, 1.165) is 12.2 Å². The molecule has 3 aromatic rings. The maximum absolute atomic E-state index is 4.64. The molecule has 0 aliphatic rings. The summed E-state index contributed by atoms with van der Waals surface area (Å²) in [6.07, 6.45) is 19.7. The molecular formula is C24H34N2S2. The molecule has 0 fully saturated rings. The zero-order chi connectivity index (χ0) is 19.6. The van der Waals surface area contributed by atoms with Crippen molar-refractivity contribution in [1.29, 1.82) is 0 Å². The van der Waals surface area contributed by atoms with E-state index in [1.807, 2.05) is 35.1 Å². The van der Waals surface area contributed by atoms with E-state index in [2.05, 4.69) is 35.9 Å². The first-order chi connectivity index (χ1) is 13.8. The van der Waals surface area contributed by atoms with E-state index in [1.165, 1.54) is 95.3 Å². The Morgan fingerprint density at radius 3 is 1.93 bits per heavy atom. The van der Waals surface area contributed by atoms with Crippen LogP contribution in [0.1, 0.15) is 88.5 Å². The lowest BCUT2D eigenvalue weighted by Crippen LogP contribution is -1.92. The third-order valence-electron chi connectivity index (χ3n) is 5.28. The molecule has 0 amide bonds. The summed E-state index contributed by atoms with van der Waals surface area (Å²) in [4.78, 5) is 12.0. The number of hydrogen-bond donors (Lipinski definition) is 0. The first kappa shape index (κ1) is 21.4. The summed E-state index contributed by atoms with van der Waals surface area (Å²) >= 11 is 3.79. The van der Waals surface area contributed by atoms with Crippen molar-refractivity contribution in [1.82, 2.24) is 9.97 Å². The fourth-order valence-corrected chi connectivity index (χ4v) is 5.98. The third-order valence-corrected chi connectivity index (χ3v) is 7.63. The van der Waals surface area contributed by atoms with Crippen LogP contribution in [0, 0.1) is 0 Å². The van der Waals surface area contributed by atoms with E-state index < -0.39 is 0 Å². The van der Waals surface area contributed by atoms with E-state index >= 15 is 0 Å². The van der Waals surface area contributed by atoms with Gasteiger partial charge in [-0.25, -0.2) is 9.97 Å². The van der Waals surface area contributed by atoms with Gasteiger partial charge in [0.15, 0.2) is 5.82 Å². The number of thiophene rings is 2. The van der Waals surface area contributed by atoms with Crippen molar-refractivity contribution in [3.8, 4) is 10.7 Å². The van der Waals surface area contributed by atoms with Gasteiger partial charge in [-0.05, 0) is 43.4 Å². The number of nitrogens with zero attached hydrogens (tertiary/aromatic N) is 2. The third kappa shape index (κ3) is 6.38. The van der Waals surface area contributed by atoms with Crippen molar-refractivity contribution in [2.75, 3.05) is 0 Å². The molecule has 0 unspecified atom stereocenters. The summed E-state index contributed by atoms with van der Waals surface area (Å²) in [6, 6.07) is 4.67. The molecule has 0 radical (unpaired) electrons. The van der Waals surface area contributed by atoms with Gasteiger partial charge in [-0.3, -0.25) is 0 Å². The summed E-state index contributed by atoms with van der Waals surface area (Å²) in [7, 11) is 0. The second-order valence-corrected chi connectivity index (χ2v) is 10.0. The first-order valence-electron chi connectivity index (χ1n) is 11.1. The van der Waals surface area contributed by atoms with Crippen molar-refractivity contribution in [3.05, 3.63) is 35.0 Å². The van der Waals surface area contributed by atoms with Gasteiger partial charge in [-0.15, -0.1) is 22.7 Å². The van der Waals surface area contributed by atoms with Gasteiger partial charge in [0, 0.05) is 26.7 Å². The van der Waals surface area contributed by atoms with Gasteiger partial charge in [0.25, 0.3) is 0 Å². The number of aryl methyl sites for hydroxylation is 2. The maximum Gasteiger partial charge on any atom is 0.169 e. The van der Waals surface area contributed by atoms with Gasteiger partial charge in [0.05, 0.1) is 4.88 Å². The summed E-state index contributed by atoms with van der Waals surface area (Å²) < 4.78 is 2.79. The average Bonchev–Trinajstić information content (AvgIpc) is 3.27. The minimum absolute atomic E-state index is 0.879. The van der Waals surface area contributed by atoms with Gasteiger partial charge < -0.3 is 0 Å². The van der Waals surface area contributed by atoms with Gasteiger partial charge in [0.2, 0.25) is 0 Å². The quantitative estimate of drug-likeness (QED) is 0.262. The highest BCUT2D eigenvalue weighted by Crippen LogP contribution is 2.37. The van der Waals surface area contributed by atoms with Crippen LogP contribution in [0.25, 0.3) is 20.1 Å². The van der Waals surface area contributed by atoms with Crippen LogP contribution in [0.3, 0.4) is 0 Å². The molecule has 28 heavy (non-hydrogen) atoms. The molecule has 0 N–H and O–H groups in total. The van der Waals surface area contributed by atoms with E-state index in [0.29, 0.717) is 0 Å². The fraction of sp³-hybridized carbons (Fsp3) is 0.583. The monoisotopic (exact) mass is 414 g/mol. The van der Waals surface area contributed by atoms with Gasteiger partial charge in [-0.2, -0.15) is 0 Å². The van der Waals surface area contributed by atoms with Crippen LogP contribution >= 0.6 is 22.7 Å². The zero-order valence-electron chi connectivity index (χ0n) is 17.5. The molecule has 0 saturated carbocycles. The molecule has 0 atom stereocenters. The standard InChI is InChI=1S/C24H34N2S2/c1-3-5-7-9-11-13-19-17-25-24(26-18-19)23-16-22-21(28-23)15-20(27-22)14-12-10-8-6-4-2/h15-18H,3-14H2,1-2H3. The van der Waals surface area contributed by atoms with Crippen molar-refractivity contribution in [3.63, 3.8) is 0 Å². The predicted octanol–water partition coefficient (Wildman–Crippen LogP) is 8.45. The molecule has 3 rings (SSSR count). The predicted molar refractivity (Wildman–Crippen MR) is 126 cm³/mol. The first-order valence-corrected chi connectivity index (χ1v) is 12.8. The van der Waals surface area contributed by atoms with Gasteiger partial charge in [-0.1, -0.05) is 65.2 Å². The highest BCUT2D eigenvalue weighted by atomic mass is 32.1. The SMILES string of the molecule is CCCCCCCc1cnc(-c2cc3sc(CCCCCCC)cc3s2)nc1. The smallest absolute Gasteiger partial charge is 0.169 e. The van der Waals surface area contributed by atoms with Crippen molar-refractivity contribution in [2.45, 2.75) is 90.9 Å². The van der Waals surface area contributed by atoms with Crippen LogP contribution in [0.2, 0.25) is 0 Å². The number of aromatic nitrogens is 2. The van der Waals surface area contributed by atoms with Gasteiger partial charge >= 0.3 is 0 Å². The number of hydrogen-bond acceptors (Lipinski definition) is 4. The topological polar surface area (TPSA) is 25.8 Å². The lowest BCUT2D eigenvalue weighted by Gasteiger charge is -2.02. The Hall–Kier alpha value is -1.26. The normalized spacial score (nSPS) is 11.5. The molecule has 0 aliphatic heterocycles. The Labute approximate surface area is 178 Å². The van der Waals surface area contributed by atoms with Crippen LogP contribution in [0.4, 0.5) is 0 Å². The second kappa shape index (κ2) is 11.7. The van der Waals surface area contributed by atoms with E-state index in [-0.39, 0.29) is 0 Å². The largest absolute Gasteiger partial charge is 0.236 e. The molecule has 0 aliphatic carbocycles. The Kier molecular flexibility index (Phi) is 8.94. The molecule has 4 heteroatoms. The second-order valence-electron chi connectivity index (χ2n) is 7.80. The lowest BCUT2D eigenvalue weighted by molar-refractivity contribution is 0.631. The fourth-order valence-electron chi connectivity index (χ4n) is 3.57. The van der Waals surface area contributed by atoms with Crippen LogP contribution < -0.4 is 0 Å². The van der Waals surface area contributed by atoms with Crippen molar-refractivity contribution >= 4 is 32.1 Å². The number of rotatable bonds is 13. The molecule has 0 spiro atoms. The maximum atomic E-state index is 4.64. The summed E-state index contributed by atoms with van der Waals surface area (Å²) in [5.74, 6) is 0.879. The van der Waals surface area contributed by atoms with Crippen molar-refractivity contribution in [2.24, 2.45) is 0 Å². The minimum Gasteiger partial charge on any atom is -0.236 e. The molecule has 0 saturated heterocycles. The summed E-state index contributed by atoms with van der Waals surface area (Å²) in [5, 5.41) is 0. The highest BCUT2D eigenvalue weighted by Gasteiger charge is 2.10. The highest BCUT2D eigenvalue weighted by molar-refractivity contribution is 7.29. The minimum atomic E-state index is 0.879. The molecule has 3 aromatic heterocycles. The van der Waals surface area contributed by atoms with Crippen LogP contribution in [0.15, 0.2) is 24.5 Å². The average molecular weight is 415 g/mol. The van der Waals surface area contributed by atoms with Crippen LogP contribution in [0.5, 0.6) is 0 Å². The molecule has 3 heterocycles. The lowest BCUT2D eigenvalue weighted by atomic mass is 10.1. The zero-order valence-corrected chi connectivity index (χ0v) is 19.1. The van der Waals surface area contributed by atoms with Crippen molar-refractivity contribution < 1.29 is 0 Å². The van der Waals surface area contributed by atoms with Crippen LogP contribution in [-0.2, 0) is 12.8 Å². The van der Waals surface area contributed by atoms with Crippen LogP contribution in [-0.4, -0.2) is 9.97 Å². The number of fused-ring (bicyclic) bond motifs is 1. The Balaban J connectivity index is 1.51. The van der Waals surface area contributed by atoms with E-state index in [9.17, 15) is 0 Å². The molecular weight excluding hydrogens is 380 g/mol. The Morgan fingerprint density at radius 1 is 0.679 bits per heavy atom. The van der Waals surface area contributed by atoms with Gasteiger partial charge in [0.1, 0.15) is 0 Å². The molecule has 0 aromatic carbocycles. The Morgan fingerprint density at radius 2 is 1.29 bits per heavy atom. The summed E-state index contributed by atoms with van der Waals surface area (Å²) in [6.45, 7) is 4.54. The van der Waals surface area contributed by atoms with E-state index in [4.69, 9.17) is 0 Å². The van der Waals surface area contributed by atoms with E-state index in [1.54, 1.807) is 0 Å². The number of unbranched alkanes of at least 4 members (excludes halogenated alkanes) is 8. The summed E-state index contributed by atoms with van der Waals surface area (Å²) in [5.41, 5.74) is 1.27.